The first-order valence-corrected chi connectivity index (χ1v) is 6.41. The van der Waals surface area contributed by atoms with E-state index in [0.29, 0.717) is 16.5 Å². The second-order valence-corrected chi connectivity index (χ2v) is 4.90. The molecule has 0 saturated carbocycles. The number of imidazole rings is 1. The van der Waals surface area contributed by atoms with Crippen molar-refractivity contribution in [2.75, 3.05) is 7.11 Å². The number of benzene rings is 1. The fourth-order valence-corrected chi connectivity index (χ4v) is 2.34. The molecular formula is C12H12BrClN2O2. The molecule has 18 heavy (non-hydrogen) atoms. The van der Waals surface area contributed by atoms with Crippen LogP contribution in [0.3, 0.4) is 0 Å². The molecule has 96 valence electrons. The summed E-state index contributed by atoms with van der Waals surface area (Å²) in [5.74, 6) is 1.35. The highest BCUT2D eigenvalue weighted by Gasteiger charge is 2.14. The van der Waals surface area contributed by atoms with Gasteiger partial charge in [0, 0.05) is 12.6 Å². The largest absolute Gasteiger partial charge is 0.495 e. The highest BCUT2D eigenvalue weighted by molar-refractivity contribution is 9.10. The predicted octanol–water partition coefficient (Wildman–Crippen LogP) is 3.00. The molecule has 6 heteroatoms. The van der Waals surface area contributed by atoms with Crippen LogP contribution in [-0.4, -0.2) is 21.8 Å². The van der Waals surface area contributed by atoms with E-state index < -0.39 is 0 Å². The Kier molecular flexibility index (Phi) is 3.94. The highest BCUT2D eigenvalue weighted by atomic mass is 79.9. The van der Waals surface area contributed by atoms with Gasteiger partial charge < -0.3 is 14.4 Å². The first-order valence-electron chi connectivity index (χ1n) is 5.24. The second-order valence-electron chi connectivity index (χ2n) is 3.74. The Bertz CT molecular complexity index is 584. The van der Waals surface area contributed by atoms with Crippen LogP contribution in [0.2, 0.25) is 5.02 Å². The number of aliphatic hydroxyl groups is 1. The standard InChI is InChI=1S/C12H12BrClN2O2/c1-16-11(13)9(6-17)15-12(16)7-3-4-10(18-2)8(14)5-7/h3-5,17H,6H2,1-2H3. The van der Waals surface area contributed by atoms with Gasteiger partial charge >= 0.3 is 0 Å². The SMILES string of the molecule is COc1ccc(-c2nc(CO)c(Br)n2C)cc1Cl. The van der Waals surface area contributed by atoms with Gasteiger partial charge in [-0.3, -0.25) is 0 Å². The Balaban J connectivity index is 2.52. The summed E-state index contributed by atoms with van der Waals surface area (Å²) in [6.45, 7) is -0.113. The Labute approximate surface area is 118 Å². The summed E-state index contributed by atoms with van der Waals surface area (Å²) in [5.41, 5.74) is 1.46. The Hall–Kier alpha value is -1.04. The Morgan fingerprint density at radius 2 is 2.22 bits per heavy atom. The third-order valence-electron chi connectivity index (χ3n) is 2.65. The number of ether oxygens (including phenoxy) is 1. The fraction of sp³-hybridized carbons (Fsp3) is 0.250. The maximum Gasteiger partial charge on any atom is 0.141 e. The molecule has 1 aromatic heterocycles. The van der Waals surface area contributed by atoms with Crippen molar-refractivity contribution in [1.82, 2.24) is 9.55 Å². The molecule has 0 aliphatic heterocycles. The van der Waals surface area contributed by atoms with Gasteiger partial charge in [0.15, 0.2) is 0 Å². The lowest BCUT2D eigenvalue weighted by molar-refractivity contribution is 0.276. The molecule has 1 heterocycles. The van der Waals surface area contributed by atoms with Crippen LogP contribution in [0.1, 0.15) is 5.69 Å². The van der Waals surface area contributed by atoms with Crippen LogP contribution in [0.25, 0.3) is 11.4 Å². The van der Waals surface area contributed by atoms with Crippen molar-refractivity contribution in [3.63, 3.8) is 0 Å². The van der Waals surface area contributed by atoms with Crippen LogP contribution in [-0.2, 0) is 13.7 Å². The molecule has 0 radical (unpaired) electrons. The summed E-state index contributed by atoms with van der Waals surface area (Å²) in [4.78, 5) is 4.36. The molecule has 0 unspecified atom stereocenters. The molecule has 0 aliphatic carbocycles. The van der Waals surface area contributed by atoms with Gasteiger partial charge in [-0.1, -0.05) is 11.6 Å². The van der Waals surface area contributed by atoms with Crippen molar-refractivity contribution >= 4 is 27.5 Å². The third-order valence-corrected chi connectivity index (χ3v) is 3.94. The zero-order chi connectivity index (χ0) is 13.3. The summed E-state index contributed by atoms with van der Waals surface area (Å²) in [7, 11) is 3.44. The lowest BCUT2D eigenvalue weighted by Gasteiger charge is -2.06. The summed E-state index contributed by atoms with van der Waals surface area (Å²) in [6, 6.07) is 5.45. The summed E-state index contributed by atoms with van der Waals surface area (Å²) in [6.07, 6.45) is 0. The van der Waals surface area contributed by atoms with Gasteiger partial charge in [-0.25, -0.2) is 4.98 Å². The quantitative estimate of drug-likeness (QED) is 0.940. The number of aliphatic hydroxyl groups excluding tert-OH is 1. The molecule has 0 amide bonds. The number of halogens is 2. The van der Waals surface area contributed by atoms with E-state index in [1.807, 2.05) is 17.7 Å². The van der Waals surface area contributed by atoms with Gasteiger partial charge in [0.1, 0.15) is 16.2 Å². The fourth-order valence-electron chi connectivity index (χ4n) is 1.70. The van der Waals surface area contributed by atoms with Crippen molar-refractivity contribution < 1.29 is 9.84 Å². The minimum Gasteiger partial charge on any atom is -0.495 e. The Morgan fingerprint density at radius 3 is 2.72 bits per heavy atom. The average Bonchev–Trinajstić information content (AvgIpc) is 2.66. The zero-order valence-electron chi connectivity index (χ0n) is 9.94. The number of nitrogens with zero attached hydrogens (tertiary/aromatic N) is 2. The molecule has 1 aromatic carbocycles. The van der Waals surface area contributed by atoms with Gasteiger partial charge in [0.25, 0.3) is 0 Å². The van der Waals surface area contributed by atoms with E-state index in [-0.39, 0.29) is 6.61 Å². The monoisotopic (exact) mass is 330 g/mol. The third kappa shape index (κ3) is 2.25. The van der Waals surface area contributed by atoms with E-state index >= 15 is 0 Å². The number of hydrogen-bond donors (Lipinski definition) is 1. The van der Waals surface area contributed by atoms with Gasteiger partial charge in [0.05, 0.1) is 24.4 Å². The van der Waals surface area contributed by atoms with Crippen molar-refractivity contribution in [1.29, 1.82) is 0 Å². The average molecular weight is 332 g/mol. The highest BCUT2D eigenvalue weighted by Crippen LogP contribution is 2.31. The van der Waals surface area contributed by atoms with Crippen LogP contribution < -0.4 is 4.74 Å². The second kappa shape index (κ2) is 5.30. The maximum atomic E-state index is 9.19. The van der Waals surface area contributed by atoms with Crippen molar-refractivity contribution in [2.45, 2.75) is 6.61 Å². The van der Waals surface area contributed by atoms with E-state index in [1.165, 1.54) is 0 Å². The number of hydrogen-bond acceptors (Lipinski definition) is 3. The molecule has 4 nitrogen and oxygen atoms in total. The van der Waals surface area contributed by atoms with E-state index in [4.69, 9.17) is 16.3 Å². The van der Waals surface area contributed by atoms with Crippen LogP contribution in [0, 0.1) is 0 Å². The van der Waals surface area contributed by atoms with Gasteiger partial charge in [-0.2, -0.15) is 0 Å². The summed E-state index contributed by atoms with van der Waals surface area (Å²) >= 11 is 9.48. The molecular weight excluding hydrogens is 320 g/mol. The normalized spacial score (nSPS) is 10.7. The van der Waals surface area contributed by atoms with Crippen molar-refractivity contribution in [2.24, 2.45) is 7.05 Å². The van der Waals surface area contributed by atoms with E-state index in [2.05, 4.69) is 20.9 Å². The molecule has 2 rings (SSSR count). The minimum absolute atomic E-state index is 0.113. The summed E-state index contributed by atoms with van der Waals surface area (Å²) in [5, 5.41) is 9.72. The van der Waals surface area contributed by atoms with Crippen LogP contribution >= 0.6 is 27.5 Å². The minimum atomic E-state index is -0.113. The van der Waals surface area contributed by atoms with E-state index in [9.17, 15) is 5.11 Å². The van der Waals surface area contributed by atoms with Gasteiger partial charge in [-0.05, 0) is 34.1 Å². The van der Waals surface area contributed by atoms with Crippen LogP contribution in [0.4, 0.5) is 0 Å². The van der Waals surface area contributed by atoms with Gasteiger partial charge in [-0.15, -0.1) is 0 Å². The number of aromatic nitrogens is 2. The molecule has 0 bridgehead atoms. The van der Waals surface area contributed by atoms with Crippen LogP contribution in [0.5, 0.6) is 5.75 Å². The first-order chi connectivity index (χ1) is 8.58. The zero-order valence-corrected chi connectivity index (χ0v) is 12.3. The number of methoxy groups -OCH3 is 1. The maximum absolute atomic E-state index is 9.19. The topological polar surface area (TPSA) is 47.3 Å². The molecule has 0 spiro atoms. The summed E-state index contributed by atoms with van der Waals surface area (Å²) < 4.78 is 7.72. The van der Waals surface area contributed by atoms with Crippen LogP contribution in [0.15, 0.2) is 22.8 Å². The first kappa shape index (κ1) is 13.4. The molecule has 0 atom stereocenters. The van der Waals surface area contributed by atoms with E-state index in [0.717, 1.165) is 16.0 Å². The number of rotatable bonds is 3. The molecule has 1 N–H and O–H groups in total. The molecule has 0 aliphatic rings. The van der Waals surface area contributed by atoms with E-state index in [1.54, 1.807) is 19.2 Å². The molecule has 0 fully saturated rings. The smallest absolute Gasteiger partial charge is 0.141 e. The Morgan fingerprint density at radius 1 is 1.50 bits per heavy atom. The van der Waals surface area contributed by atoms with Gasteiger partial charge in [0.2, 0.25) is 0 Å². The van der Waals surface area contributed by atoms with Crippen molar-refractivity contribution in [3.05, 3.63) is 33.5 Å². The lowest BCUT2D eigenvalue weighted by atomic mass is 10.2. The van der Waals surface area contributed by atoms with Crippen molar-refractivity contribution in [3.8, 4) is 17.1 Å². The lowest BCUT2D eigenvalue weighted by Crippen LogP contribution is -1.93. The molecule has 2 aromatic rings. The molecule has 0 saturated heterocycles. The predicted molar refractivity (Wildman–Crippen MR) is 73.8 cm³/mol.